The summed E-state index contributed by atoms with van der Waals surface area (Å²) in [6.07, 6.45) is 0. The van der Waals surface area contributed by atoms with Crippen LogP contribution in [-0.2, 0) is 0 Å². The maximum absolute atomic E-state index is 6.01. The Labute approximate surface area is 104 Å². The van der Waals surface area contributed by atoms with Crippen LogP contribution in [0.1, 0.15) is 13.0 Å². The van der Waals surface area contributed by atoms with Crippen molar-refractivity contribution in [1.82, 2.24) is 14.5 Å². The van der Waals surface area contributed by atoms with Gasteiger partial charge in [0.25, 0.3) is 0 Å². The minimum Gasteiger partial charge on any atom is -0.382 e. The first kappa shape index (κ1) is 9.70. The third-order valence-corrected chi connectivity index (χ3v) is 3.55. The Morgan fingerprint density at radius 3 is 3.06 bits per heavy atom. The molecule has 18 heavy (non-hydrogen) atoms. The Morgan fingerprint density at radius 1 is 1.33 bits per heavy atom. The number of fused-ring (bicyclic) bond motifs is 5. The van der Waals surface area contributed by atoms with Crippen LogP contribution in [0.3, 0.4) is 0 Å². The Bertz CT molecular complexity index is 774. The first-order valence-corrected chi connectivity index (χ1v) is 6.06. The summed E-state index contributed by atoms with van der Waals surface area (Å²) in [5.74, 6) is 1.39. The molecule has 2 aromatic heterocycles. The number of nitrogen functional groups attached to an aromatic ring is 1. The van der Waals surface area contributed by atoms with E-state index >= 15 is 0 Å². The average molecular weight is 239 g/mol. The molecule has 1 aromatic carbocycles. The number of rotatable bonds is 0. The lowest BCUT2D eigenvalue weighted by Crippen LogP contribution is -2.04. The summed E-state index contributed by atoms with van der Waals surface area (Å²) in [5.41, 5.74) is 8.82. The second-order valence-corrected chi connectivity index (χ2v) is 4.75. The SMILES string of the molecule is CC1CNc2nc3c(N)nc4ccccc4c3n21. The van der Waals surface area contributed by atoms with E-state index in [4.69, 9.17) is 5.73 Å². The third-order valence-electron chi connectivity index (χ3n) is 3.55. The molecule has 90 valence electrons. The number of nitrogens with one attached hydrogen (secondary N) is 1. The van der Waals surface area contributed by atoms with Crippen molar-refractivity contribution in [3.63, 3.8) is 0 Å². The van der Waals surface area contributed by atoms with E-state index in [2.05, 4.69) is 32.8 Å². The van der Waals surface area contributed by atoms with Gasteiger partial charge < -0.3 is 15.6 Å². The van der Waals surface area contributed by atoms with Crippen LogP contribution in [0.4, 0.5) is 11.8 Å². The number of imidazole rings is 1. The van der Waals surface area contributed by atoms with Crippen molar-refractivity contribution in [2.75, 3.05) is 17.6 Å². The minimum absolute atomic E-state index is 0.384. The number of anilines is 2. The molecule has 3 N–H and O–H groups in total. The highest BCUT2D eigenvalue weighted by Crippen LogP contribution is 2.35. The molecule has 4 rings (SSSR count). The maximum Gasteiger partial charge on any atom is 0.204 e. The van der Waals surface area contributed by atoms with Gasteiger partial charge in [0.2, 0.25) is 5.95 Å². The van der Waals surface area contributed by atoms with Crippen molar-refractivity contribution in [3.8, 4) is 0 Å². The van der Waals surface area contributed by atoms with Crippen LogP contribution in [0.15, 0.2) is 24.3 Å². The van der Waals surface area contributed by atoms with Crippen LogP contribution < -0.4 is 11.1 Å². The third kappa shape index (κ3) is 1.06. The lowest BCUT2D eigenvalue weighted by atomic mass is 10.2. The molecule has 1 aliphatic rings. The van der Waals surface area contributed by atoms with Crippen LogP contribution in [0.25, 0.3) is 21.9 Å². The predicted octanol–water partition coefficient (Wildman–Crippen LogP) is 2.15. The van der Waals surface area contributed by atoms with Gasteiger partial charge in [-0.3, -0.25) is 0 Å². The highest BCUT2D eigenvalue weighted by molar-refractivity contribution is 6.07. The van der Waals surface area contributed by atoms with Gasteiger partial charge in [0.1, 0.15) is 5.52 Å². The highest BCUT2D eigenvalue weighted by atomic mass is 15.3. The Hall–Kier alpha value is -2.30. The number of nitrogens with two attached hydrogens (primary N) is 1. The highest BCUT2D eigenvalue weighted by Gasteiger charge is 2.24. The van der Waals surface area contributed by atoms with Gasteiger partial charge >= 0.3 is 0 Å². The summed E-state index contributed by atoms with van der Waals surface area (Å²) in [5, 5.41) is 4.41. The Kier molecular flexibility index (Phi) is 1.69. The maximum atomic E-state index is 6.01. The molecule has 1 unspecified atom stereocenters. The first-order valence-electron chi connectivity index (χ1n) is 6.06. The summed E-state index contributed by atoms with van der Waals surface area (Å²) in [6.45, 7) is 3.09. The first-order chi connectivity index (χ1) is 8.75. The lowest BCUT2D eigenvalue weighted by Gasteiger charge is -2.08. The average Bonchev–Trinajstić information content (AvgIpc) is 2.91. The molecular formula is C13H13N5. The van der Waals surface area contributed by atoms with E-state index in [9.17, 15) is 0 Å². The quantitative estimate of drug-likeness (QED) is 0.630. The molecule has 0 spiro atoms. The van der Waals surface area contributed by atoms with Crippen LogP contribution >= 0.6 is 0 Å². The lowest BCUT2D eigenvalue weighted by molar-refractivity contribution is 0.650. The van der Waals surface area contributed by atoms with Gasteiger partial charge in [-0.2, -0.15) is 0 Å². The van der Waals surface area contributed by atoms with Crippen LogP contribution in [0.2, 0.25) is 0 Å². The van der Waals surface area contributed by atoms with Gasteiger partial charge in [0.05, 0.1) is 17.1 Å². The molecule has 0 aliphatic carbocycles. The van der Waals surface area contributed by atoms with Gasteiger partial charge in [0, 0.05) is 11.9 Å². The number of hydrogen-bond donors (Lipinski definition) is 2. The van der Waals surface area contributed by atoms with E-state index in [0.29, 0.717) is 11.9 Å². The largest absolute Gasteiger partial charge is 0.382 e. The van der Waals surface area contributed by atoms with E-state index in [0.717, 1.165) is 34.4 Å². The number of para-hydroxylation sites is 1. The molecule has 5 heteroatoms. The predicted molar refractivity (Wildman–Crippen MR) is 72.6 cm³/mol. The summed E-state index contributed by atoms with van der Waals surface area (Å²) in [4.78, 5) is 8.97. The smallest absolute Gasteiger partial charge is 0.204 e. The van der Waals surface area contributed by atoms with Crippen molar-refractivity contribution < 1.29 is 0 Å². The molecule has 3 heterocycles. The van der Waals surface area contributed by atoms with Crippen LogP contribution in [0, 0.1) is 0 Å². The van der Waals surface area contributed by atoms with E-state index in [1.54, 1.807) is 0 Å². The van der Waals surface area contributed by atoms with Crippen LogP contribution in [-0.4, -0.2) is 21.1 Å². The van der Waals surface area contributed by atoms with E-state index in [1.807, 2.05) is 18.2 Å². The second kappa shape index (κ2) is 3.13. The summed E-state index contributed by atoms with van der Waals surface area (Å²) >= 11 is 0. The number of aromatic nitrogens is 3. The molecule has 1 atom stereocenters. The van der Waals surface area contributed by atoms with Gasteiger partial charge in [0.15, 0.2) is 5.82 Å². The fourth-order valence-corrected chi connectivity index (χ4v) is 2.71. The molecule has 1 aliphatic heterocycles. The molecule has 0 amide bonds. The summed E-state index contributed by atoms with van der Waals surface area (Å²) in [6, 6.07) is 8.44. The van der Waals surface area contributed by atoms with Crippen molar-refractivity contribution in [3.05, 3.63) is 24.3 Å². The van der Waals surface area contributed by atoms with Crippen molar-refractivity contribution in [1.29, 1.82) is 0 Å². The summed E-state index contributed by atoms with van der Waals surface area (Å²) in [7, 11) is 0. The standard InChI is InChI=1S/C13H13N5/c1-7-6-15-13-17-10-11(18(7)13)8-4-2-3-5-9(8)16-12(10)14/h2-5,7H,6H2,1H3,(H2,14,16)(H,15,17). The topological polar surface area (TPSA) is 68.8 Å². The monoisotopic (exact) mass is 239 g/mol. The Morgan fingerprint density at radius 2 is 2.17 bits per heavy atom. The number of hydrogen-bond acceptors (Lipinski definition) is 4. The molecule has 0 fully saturated rings. The van der Waals surface area contributed by atoms with Crippen molar-refractivity contribution in [2.24, 2.45) is 0 Å². The van der Waals surface area contributed by atoms with E-state index < -0.39 is 0 Å². The van der Waals surface area contributed by atoms with Crippen LogP contribution in [0.5, 0.6) is 0 Å². The van der Waals surface area contributed by atoms with E-state index in [1.165, 1.54) is 0 Å². The molecule has 0 radical (unpaired) electrons. The number of nitrogens with zero attached hydrogens (tertiary/aromatic N) is 3. The van der Waals surface area contributed by atoms with Gasteiger partial charge in [-0.1, -0.05) is 18.2 Å². The zero-order valence-corrected chi connectivity index (χ0v) is 10.0. The van der Waals surface area contributed by atoms with Crippen molar-refractivity contribution >= 4 is 33.7 Å². The molecule has 0 bridgehead atoms. The van der Waals surface area contributed by atoms with E-state index in [-0.39, 0.29) is 0 Å². The molecule has 0 saturated heterocycles. The van der Waals surface area contributed by atoms with Crippen molar-refractivity contribution in [2.45, 2.75) is 13.0 Å². The zero-order valence-electron chi connectivity index (χ0n) is 10.0. The second-order valence-electron chi connectivity index (χ2n) is 4.75. The molecule has 5 nitrogen and oxygen atoms in total. The minimum atomic E-state index is 0.384. The summed E-state index contributed by atoms with van der Waals surface area (Å²) < 4.78 is 2.22. The molecule has 0 saturated carbocycles. The number of benzene rings is 1. The van der Waals surface area contributed by atoms with Gasteiger partial charge in [-0.15, -0.1) is 0 Å². The molecular weight excluding hydrogens is 226 g/mol. The Balaban J connectivity index is 2.28. The molecule has 3 aromatic rings. The van der Waals surface area contributed by atoms with Gasteiger partial charge in [-0.25, -0.2) is 9.97 Å². The fourth-order valence-electron chi connectivity index (χ4n) is 2.71. The number of pyridine rings is 1. The normalized spacial score (nSPS) is 18.2. The fraction of sp³-hybridized carbons (Fsp3) is 0.231. The zero-order chi connectivity index (χ0) is 12.3. The van der Waals surface area contributed by atoms with Gasteiger partial charge in [-0.05, 0) is 13.0 Å².